The molecule has 0 spiro atoms. The van der Waals surface area contributed by atoms with Gasteiger partial charge in [0.2, 0.25) is 5.91 Å². The predicted octanol–water partition coefficient (Wildman–Crippen LogP) is 3.69. The van der Waals surface area contributed by atoms with Crippen LogP contribution in [0.1, 0.15) is 35.1 Å². The highest BCUT2D eigenvalue weighted by Gasteiger charge is 2.31. The van der Waals surface area contributed by atoms with Gasteiger partial charge >= 0.3 is 0 Å². The van der Waals surface area contributed by atoms with Crippen molar-refractivity contribution in [1.29, 1.82) is 0 Å². The Morgan fingerprint density at radius 3 is 2.94 bits per heavy atom. The number of aromatic nitrogens is 3. The Hall–Kier alpha value is -2.52. The summed E-state index contributed by atoms with van der Waals surface area (Å²) in [6.45, 7) is 1.92. The van der Waals surface area contributed by atoms with Gasteiger partial charge in [-0.05, 0) is 42.0 Å². The molecule has 0 saturated carbocycles. The molecular weight excluding hydrogens is 432 g/mol. The normalized spacial score (nSPS) is 17.8. The Balaban J connectivity index is 1.24. The second kappa shape index (κ2) is 8.92. The molecule has 4 heterocycles. The topological polar surface area (TPSA) is 69.5 Å². The summed E-state index contributed by atoms with van der Waals surface area (Å²) in [7, 11) is 1.96. The number of benzene rings is 1. The van der Waals surface area contributed by atoms with Gasteiger partial charge in [0.25, 0.3) is 0 Å². The first-order valence-corrected chi connectivity index (χ1v) is 12.3. The molecule has 31 heavy (non-hydrogen) atoms. The van der Waals surface area contributed by atoms with Crippen molar-refractivity contribution in [2.75, 3.05) is 25.5 Å². The summed E-state index contributed by atoms with van der Waals surface area (Å²) in [5, 5.41) is 11.5. The number of fused-ring (bicyclic) bond motifs is 1. The van der Waals surface area contributed by atoms with Gasteiger partial charge < -0.3 is 18.9 Å². The number of likely N-dealkylation sites (tertiary alicyclic amines) is 1. The van der Waals surface area contributed by atoms with Crippen molar-refractivity contribution in [2.24, 2.45) is 7.05 Å². The summed E-state index contributed by atoms with van der Waals surface area (Å²) in [6, 6.07) is 10.3. The Morgan fingerprint density at radius 2 is 2.10 bits per heavy atom. The fourth-order valence-electron chi connectivity index (χ4n) is 4.08. The van der Waals surface area contributed by atoms with E-state index in [1.165, 1.54) is 16.6 Å². The lowest BCUT2D eigenvalue weighted by atomic mass is 10.0. The summed E-state index contributed by atoms with van der Waals surface area (Å²) < 4.78 is 13.3. The average Bonchev–Trinajstić information content (AvgIpc) is 3.55. The maximum absolute atomic E-state index is 13.1. The minimum Gasteiger partial charge on any atom is -0.486 e. The molecular formula is C22H24N4O3S2. The van der Waals surface area contributed by atoms with Gasteiger partial charge in [0.15, 0.2) is 16.7 Å². The average molecular weight is 457 g/mol. The number of carbonyl (C=O) groups excluding carboxylic acids is 1. The third-order valence-corrected chi connectivity index (χ3v) is 7.57. The van der Waals surface area contributed by atoms with Crippen LogP contribution in [-0.4, -0.2) is 51.1 Å². The van der Waals surface area contributed by atoms with Crippen molar-refractivity contribution in [3.63, 3.8) is 0 Å². The van der Waals surface area contributed by atoms with E-state index in [-0.39, 0.29) is 11.9 Å². The lowest BCUT2D eigenvalue weighted by Crippen LogP contribution is -2.32. The third-order valence-electron chi connectivity index (χ3n) is 5.69. The van der Waals surface area contributed by atoms with Crippen molar-refractivity contribution >= 4 is 29.0 Å². The SMILES string of the molecule is Cn1c(Cc2cccs2)nnc1SCC(=O)N1CCC[C@@H]1c1ccc2c(c1)OCCO2. The Kier molecular flexibility index (Phi) is 5.87. The predicted molar refractivity (Wildman–Crippen MR) is 120 cm³/mol. The van der Waals surface area contributed by atoms with Crippen LogP contribution in [0.2, 0.25) is 0 Å². The molecule has 0 aliphatic carbocycles. The van der Waals surface area contributed by atoms with Crippen LogP contribution in [0.4, 0.5) is 0 Å². The quantitative estimate of drug-likeness (QED) is 0.527. The van der Waals surface area contributed by atoms with E-state index in [9.17, 15) is 4.79 Å². The van der Waals surface area contributed by atoms with Crippen molar-refractivity contribution < 1.29 is 14.3 Å². The zero-order chi connectivity index (χ0) is 21.2. The van der Waals surface area contributed by atoms with E-state index in [4.69, 9.17) is 9.47 Å². The molecule has 0 unspecified atom stereocenters. The number of thioether (sulfide) groups is 1. The largest absolute Gasteiger partial charge is 0.486 e. The minimum atomic E-state index is 0.0813. The smallest absolute Gasteiger partial charge is 0.233 e. The molecule has 7 nitrogen and oxygen atoms in total. The summed E-state index contributed by atoms with van der Waals surface area (Å²) in [5.41, 5.74) is 1.11. The molecule has 9 heteroatoms. The first-order chi connectivity index (χ1) is 15.2. The summed E-state index contributed by atoms with van der Waals surface area (Å²) in [4.78, 5) is 16.3. The van der Waals surface area contributed by atoms with E-state index >= 15 is 0 Å². The summed E-state index contributed by atoms with van der Waals surface area (Å²) >= 11 is 3.16. The maximum atomic E-state index is 13.1. The number of carbonyl (C=O) groups is 1. The fourth-order valence-corrected chi connectivity index (χ4v) is 5.60. The molecule has 3 aromatic rings. The molecule has 1 atom stereocenters. The Bertz CT molecular complexity index is 1070. The highest BCUT2D eigenvalue weighted by molar-refractivity contribution is 7.99. The van der Waals surface area contributed by atoms with Gasteiger partial charge in [0.05, 0.1) is 11.8 Å². The van der Waals surface area contributed by atoms with Crippen LogP contribution in [-0.2, 0) is 18.3 Å². The highest BCUT2D eigenvalue weighted by Crippen LogP contribution is 2.38. The van der Waals surface area contributed by atoms with Crippen LogP contribution in [0.3, 0.4) is 0 Å². The zero-order valence-electron chi connectivity index (χ0n) is 17.3. The molecule has 5 rings (SSSR count). The molecule has 0 bridgehead atoms. The Labute approximate surface area is 189 Å². The molecule has 1 amide bonds. The Morgan fingerprint density at radius 1 is 1.23 bits per heavy atom. The molecule has 1 saturated heterocycles. The van der Waals surface area contributed by atoms with Gasteiger partial charge in [-0.25, -0.2) is 0 Å². The second-order valence-corrected chi connectivity index (χ2v) is 9.63. The number of amides is 1. The standard InChI is InChI=1S/C22H24N4O3S2/c1-25-20(13-16-4-3-11-30-16)23-24-22(25)31-14-21(27)26-8-2-5-17(26)15-6-7-18-19(12-15)29-10-9-28-18/h3-4,6-7,11-12,17H,2,5,8-10,13-14H2,1H3/t17-/m1/s1. The van der Waals surface area contributed by atoms with Gasteiger partial charge in [-0.1, -0.05) is 23.9 Å². The third kappa shape index (κ3) is 4.29. The van der Waals surface area contributed by atoms with Crippen LogP contribution in [0, 0.1) is 0 Å². The van der Waals surface area contributed by atoms with E-state index in [0.717, 1.165) is 53.9 Å². The van der Waals surface area contributed by atoms with Crippen LogP contribution in [0.25, 0.3) is 0 Å². The van der Waals surface area contributed by atoms with Crippen molar-refractivity contribution in [2.45, 2.75) is 30.5 Å². The fraction of sp³-hybridized carbons (Fsp3) is 0.409. The van der Waals surface area contributed by atoms with Gasteiger partial charge in [0, 0.05) is 24.9 Å². The number of thiophene rings is 1. The number of rotatable bonds is 6. The molecule has 2 aromatic heterocycles. The first-order valence-electron chi connectivity index (χ1n) is 10.4. The van der Waals surface area contributed by atoms with Crippen molar-refractivity contribution in [1.82, 2.24) is 19.7 Å². The zero-order valence-corrected chi connectivity index (χ0v) is 19.0. The first kappa shape index (κ1) is 20.4. The number of hydrogen-bond acceptors (Lipinski definition) is 7. The van der Waals surface area contributed by atoms with Gasteiger partial charge in [-0.3, -0.25) is 4.79 Å². The molecule has 0 radical (unpaired) electrons. The van der Waals surface area contributed by atoms with E-state index in [0.29, 0.717) is 19.0 Å². The molecule has 162 valence electrons. The lowest BCUT2D eigenvalue weighted by Gasteiger charge is -2.26. The van der Waals surface area contributed by atoms with Crippen LogP contribution < -0.4 is 9.47 Å². The van der Waals surface area contributed by atoms with Gasteiger partial charge in [-0.2, -0.15) is 0 Å². The van der Waals surface area contributed by atoms with Crippen LogP contribution >= 0.6 is 23.1 Å². The van der Waals surface area contributed by atoms with E-state index in [1.54, 1.807) is 11.3 Å². The van der Waals surface area contributed by atoms with Gasteiger partial charge in [0.1, 0.15) is 19.0 Å². The van der Waals surface area contributed by atoms with E-state index in [2.05, 4.69) is 27.7 Å². The minimum absolute atomic E-state index is 0.0813. The molecule has 0 N–H and O–H groups in total. The van der Waals surface area contributed by atoms with Crippen molar-refractivity contribution in [3.8, 4) is 11.5 Å². The molecule has 1 aromatic carbocycles. The number of nitrogens with zero attached hydrogens (tertiary/aromatic N) is 4. The highest BCUT2D eigenvalue weighted by atomic mass is 32.2. The summed E-state index contributed by atoms with van der Waals surface area (Å²) in [6.07, 6.45) is 2.73. The van der Waals surface area contributed by atoms with Crippen LogP contribution in [0.15, 0.2) is 40.9 Å². The van der Waals surface area contributed by atoms with E-state index in [1.807, 2.05) is 34.7 Å². The number of hydrogen-bond donors (Lipinski definition) is 0. The molecule has 2 aliphatic rings. The van der Waals surface area contributed by atoms with Gasteiger partial charge in [-0.15, -0.1) is 21.5 Å². The van der Waals surface area contributed by atoms with Crippen LogP contribution in [0.5, 0.6) is 11.5 Å². The lowest BCUT2D eigenvalue weighted by molar-refractivity contribution is -0.129. The molecule has 1 fully saturated rings. The van der Waals surface area contributed by atoms with Crippen molar-refractivity contribution in [3.05, 3.63) is 52.0 Å². The number of ether oxygens (including phenoxy) is 2. The second-order valence-electron chi connectivity index (χ2n) is 7.65. The van der Waals surface area contributed by atoms with E-state index < -0.39 is 0 Å². The molecule has 2 aliphatic heterocycles. The summed E-state index contributed by atoms with van der Waals surface area (Å²) in [5.74, 6) is 2.95. The monoisotopic (exact) mass is 456 g/mol. The maximum Gasteiger partial charge on any atom is 0.233 e.